The van der Waals surface area contributed by atoms with Crippen LogP contribution < -0.4 is 0 Å². The van der Waals surface area contributed by atoms with E-state index in [1.807, 2.05) is 0 Å². The molecule has 0 fully saturated rings. The minimum atomic E-state index is 1.07. The minimum absolute atomic E-state index is 1.07. The van der Waals surface area contributed by atoms with Gasteiger partial charge in [-0.25, -0.2) is 0 Å². The van der Waals surface area contributed by atoms with Crippen molar-refractivity contribution in [3.05, 3.63) is 65.9 Å². The molecule has 2 rings (SSSR count). The molecule has 0 spiro atoms. The highest BCUT2D eigenvalue weighted by molar-refractivity contribution is 5.63. The van der Waals surface area contributed by atoms with Crippen molar-refractivity contribution in [3.63, 3.8) is 0 Å². The zero-order chi connectivity index (χ0) is 13.7. The molecule has 0 radical (unpaired) electrons. The highest BCUT2D eigenvalue weighted by Crippen LogP contribution is 2.24. The summed E-state index contributed by atoms with van der Waals surface area (Å²) in [5.41, 5.74) is 4.99. The van der Waals surface area contributed by atoms with Crippen LogP contribution >= 0.6 is 0 Å². The maximum absolute atomic E-state index is 4.25. The van der Waals surface area contributed by atoms with Crippen molar-refractivity contribution in [1.29, 1.82) is 0 Å². The van der Waals surface area contributed by atoms with Gasteiger partial charge in [0.1, 0.15) is 0 Å². The van der Waals surface area contributed by atoms with Gasteiger partial charge in [-0.1, -0.05) is 49.9 Å². The lowest BCUT2D eigenvalue weighted by molar-refractivity contribution is 0.555. The Labute approximate surface area is 116 Å². The Morgan fingerprint density at radius 3 is 2.68 bits per heavy atom. The maximum atomic E-state index is 4.25. The smallest absolute Gasteiger partial charge is 0.0406 e. The summed E-state index contributed by atoms with van der Waals surface area (Å²) < 4.78 is 0. The van der Waals surface area contributed by atoms with Crippen LogP contribution in [0.3, 0.4) is 0 Å². The van der Waals surface area contributed by atoms with Crippen LogP contribution in [0.2, 0.25) is 0 Å². The van der Waals surface area contributed by atoms with E-state index in [4.69, 9.17) is 0 Å². The average Bonchev–Trinajstić information content (AvgIpc) is 2.75. The lowest BCUT2D eigenvalue weighted by atomic mass is 10.1. The fraction of sp³-hybridized carbons (Fsp3) is 0.333. The highest BCUT2D eigenvalue weighted by atomic mass is 15.1. The molecular weight excluding hydrogens is 230 g/mol. The number of nitrogens with zero attached hydrogens (tertiary/aromatic N) is 1. The molecule has 0 aromatic heterocycles. The SMILES string of the molecule is C=C(c1ccc(CC)cc1)N(C)C1=CC=CCCC1. The summed E-state index contributed by atoms with van der Waals surface area (Å²) in [4.78, 5) is 2.22. The molecular formula is C18H23N. The molecule has 19 heavy (non-hydrogen) atoms. The third-order valence-electron chi connectivity index (χ3n) is 3.76. The van der Waals surface area contributed by atoms with Gasteiger partial charge in [-0.05, 0) is 42.9 Å². The van der Waals surface area contributed by atoms with Gasteiger partial charge in [0, 0.05) is 18.4 Å². The summed E-state index contributed by atoms with van der Waals surface area (Å²) in [5, 5.41) is 0. The van der Waals surface area contributed by atoms with E-state index in [0.29, 0.717) is 0 Å². The molecule has 1 aliphatic rings. The second-order valence-corrected chi connectivity index (χ2v) is 5.03. The Hall–Kier alpha value is -1.76. The Balaban J connectivity index is 2.13. The zero-order valence-corrected chi connectivity index (χ0v) is 12.0. The molecule has 1 aromatic rings. The molecule has 0 bridgehead atoms. The van der Waals surface area contributed by atoms with Crippen molar-refractivity contribution in [2.45, 2.75) is 32.6 Å². The van der Waals surface area contributed by atoms with E-state index in [9.17, 15) is 0 Å². The summed E-state index contributed by atoms with van der Waals surface area (Å²) in [6.45, 7) is 6.43. The summed E-state index contributed by atoms with van der Waals surface area (Å²) in [5.74, 6) is 0. The van der Waals surface area contributed by atoms with E-state index < -0.39 is 0 Å². The third-order valence-corrected chi connectivity index (χ3v) is 3.76. The van der Waals surface area contributed by atoms with Crippen LogP contribution in [0.1, 0.15) is 37.3 Å². The highest BCUT2D eigenvalue weighted by Gasteiger charge is 2.10. The number of hydrogen-bond acceptors (Lipinski definition) is 1. The van der Waals surface area contributed by atoms with E-state index in [1.54, 1.807) is 0 Å². The van der Waals surface area contributed by atoms with E-state index in [2.05, 4.69) is 67.9 Å². The monoisotopic (exact) mass is 253 g/mol. The number of allylic oxidation sites excluding steroid dienone is 4. The van der Waals surface area contributed by atoms with Crippen LogP contribution in [-0.2, 0) is 6.42 Å². The molecule has 0 N–H and O–H groups in total. The van der Waals surface area contributed by atoms with Gasteiger partial charge < -0.3 is 4.90 Å². The first-order chi connectivity index (χ1) is 9.22. The van der Waals surface area contributed by atoms with Gasteiger partial charge in [0.15, 0.2) is 0 Å². The van der Waals surface area contributed by atoms with Gasteiger partial charge in [-0.15, -0.1) is 0 Å². The molecule has 0 saturated carbocycles. The van der Waals surface area contributed by atoms with Gasteiger partial charge >= 0.3 is 0 Å². The van der Waals surface area contributed by atoms with Gasteiger partial charge in [0.05, 0.1) is 0 Å². The van der Waals surface area contributed by atoms with Crippen LogP contribution in [0.4, 0.5) is 0 Å². The number of hydrogen-bond donors (Lipinski definition) is 0. The van der Waals surface area contributed by atoms with Crippen LogP contribution in [-0.4, -0.2) is 11.9 Å². The van der Waals surface area contributed by atoms with E-state index in [-0.39, 0.29) is 0 Å². The molecule has 0 aliphatic heterocycles. The first-order valence-corrected chi connectivity index (χ1v) is 7.10. The minimum Gasteiger partial charge on any atom is -0.348 e. The van der Waals surface area contributed by atoms with E-state index >= 15 is 0 Å². The lowest BCUT2D eigenvalue weighted by Crippen LogP contribution is -2.15. The van der Waals surface area contributed by atoms with Crippen LogP contribution in [0, 0.1) is 0 Å². The predicted octanol–water partition coefficient (Wildman–Crippen LogP) is 4.78. The molecule has 1 aliphatic carbocycles. The van der Waals surface area contributed by atoms with Crippen molar-refractivity contribution in [3.8, 4) is 0 Å². The first kappa shape index (κ1) is 13.7. The van der Waals surface area contributed by atoms with Gasteiger partial charge in [0.2, 0.25) is 0 Å². The fourth-order valence-electron chi connectivity index (χ4n) is 2.34. The third kappa shape index (κ3) is 3.37. The van der Waals surface area contributed by atoms with Crippen molar-refractivity contribution in [2.24, 2.45) is 0 Å². The Morgan fingerprint density at radius 2 is 2.00 bits per heavy atom. The molecule has 1 heteroatoms. The number of aryl methyl sites for hydroxylation is 1. The molecule has 0 atom stereocenters. The van der Waals surface area contributed by atoms with Crippen molar-refractivity contribution in [2.75, 3.05) is 7.05 Å². The Morgan fingerprint density at radius 1 is 1.26 bits per heavy atom. The molecule has 1 nitrogen and oxygen atoms in total. The van der Waals surface area contributed by atoms with Crippen LogP contribution in [0.15, 0.2) is 54.8 Å². The van der Waals surface area contributed by atoms with Crippen LogP contribution in [0.5, 0.6) is 0 Å². The average molecular weight is 253 g/mol. The number of benzene rings is 1. The standard InChI is InChI=1S/C18H23N/c1-4-16-11-13-17(14-12-16)15(2)19(3)18-9-7-5-6-8-10-18/h5,7,9,11-14H,2,4,6,8,10H2,1,3H3. The van der Waals surface area contributed by atoms with Gasteiger partial charge in [-0.2, -0.15) is 0 Å². The first-order valence-electron chi connectivity index (χ1n) is 7.10. The molecule has 100 valence electrons. The second kappa shape index (κ2) is 6.42. The molecule has 0 saturated heterocycles. The van der Waals surface area contributed by atoms with Crippen molar-refractivity contribution < 1.29 is 0 Å². The van der Waals surface area contributed by atoms with Gasteiger partial charge in [-0.3, -0.25) is 0 Å². The topological polar surface area (TPSA) is 3.24 Å². The zero-order valence-electron chi connectivity index (χ0n) is 12.0. The maximum Gasteiger partial charge on any atom is 0.0406 e. The normalized spacial score (nSPS) is 14.7. The lowest BCUT2D eigenvalue weighted by Gasteiger charge is -2.25. The van der Waals surface area contributed by atoms with Crippen molar-refractivity contribution >= 4 is 5.70 Å². The molecule has 1 aromatic carbocycles. The van der Waals surface area contributed by atoms with Crippen LogP contribution in [0.25, 0.3) is 5.70 Å². The molecule has 0 amide bonds. The quantitative estimate of drug-likeness (QED) is 0.746. The second-order valence-electron chi connectivity index (χ2n) is 5.03. The van der Waals surface area contributed by atoms with Gasteiger partial charge in [0.25, 0.3) is 0 Å². The van der Waals surface area contributed by atoms with Crippen molar-refractivity contribution in [1.82, 2.24) is 4.90 Å². The summed E-state index contributed by atoms with van der Waals surface area (Å²) >= 11 is 0. The largest absolute Gasteiger partial charge is 0.348 e. The Kier molecular flexibility index (Phi) is 4.62. The van der Waals surface area contributed by atoms with E-state index in [0.717, 1.165) is 18.5 Å². The van der Waals surface area contributed by atoms with E-state index in [1.165, 1.54) is 29.7 Å². The predicted molar refractivity (Wildman–Crippen MR) is 83.7 cm³/mol. The summed E-state index contributed by atoms with van der Waals surface area (Å²) in [7, 11) is 2.11. The Bertz CT molecular complexity index is 491. The summed E-state index contributed by atoms with van der Waals surface area (Å²) in [6, 6.07) is 8.72. The number of rotatable bonds is 4. The molecule has 0 heterocycles. The molecule has 0 unspecified atom stereocenters. The fourth-order valence-corrected chi connectivity index (χ4v) is 2.34. The summed E-state index contributed by atoms with van der Waals surface area (Å²) in [6.07, 6.45) is 11.2.